The first-order valence-electron chi connectivity index (χ1n) is 6.56. The van der Waals surface area contributed by atoms with Crippen molar-refractivity contribution in [3.8, 4) is 5.88 Å². The molecule has 2 heterocycles. The number of halogens is 3. The van der Waals surface area contributed by atoms with Gasteiger partial charge in [-0.15, -0.1) is 0 Å². The molecule has 1 N–H and O–H groups in total. The van der Waals surface area contributed by atoms with Gasteiger partial charge in [-0.05, 0) is 6.07 Å². The predicted molar refractivity (Wildman–Crippen MR) is 69.1 cm³/mol. The number of carbonyl (C=O) groups is 2. The molecule has 1 amide bonds. The number of aromatic nitrogens is 1. The number of amides is 1. The summed E-state index contributed by atoms with van der Waals surface area (Å²) in [5.74, 6) is -2.13. The smallest absolute Gasteiger partial charge is 0.422 e. The number of hydrogen-bond donors (Lipinski definition) is 1. The van der Waals surface area contributed by atoms with Gasteiger partial charge in [0.1, 0.15) is 5.69 Å². The number of morpholine rings is 1. The van der Waals surface area contributed by atoms with Gasteiger partial charge in [0.15, 0.2) is 12.7 Å². The number of carboxylic acids is 1. The molecule has 2 rings (SSSR count). The van der Waals surface area contributed by atoms with Crippen LogP contribution in [0.2, 0.25) is 0 Å². The minimum absolute atomic E-state index is 0.0486. The van der Waals surface area contributed by atoms with Crippen molar-refractivity contribution in [3.05, 3.63) is 23.9 Å². The average Bonchev–Trinajstić information content (AvgIpc) is 2.52. The van der Waals surface area contributed by atoms with E-state index in [0.29, 0.717) is 0 Å². The predicted octanol–water partition coefficient (Wildman–Crippen LogP) is 0.948. The summed E-state index contributed by atoms with van der Waals surface area (Å²) in [5, 5.41) is 8.89. The SMILES string of the molecule is O=C(O)C1CN(C(=O)c2cccc(OCC(F)(F)F)n2)CCO1. The van der Waals surface area contributed by atoms with Crippen molar-refractivity contribution in [2.24, 2.45) is 0 Å². The Bertz CT molecular complexity index is 593. The Kier molecular flexibility index (Phi) is 5.04. The molecule has 23 heavy (non-hydrogen) atoms. The first kappa shape index (κ1) is 17.0. The molecule has 1 fully saturated rings. The molecule has 1 unspecified atom stereocenters. The Morgan fingerprint density at radius 2 is 2.17 bits per heavy atom. The number of hydrogen-bond acceptors (Lipinski definition) is 5. The lowest BCUT2D eigenvalue weighted by Gasteiger charge is -2.30. The van der Waals surface area contributed by atoms with Gasteiger partial charge in [-0.3, -0.25) is 4.79 Å². The lowest BCUT2D eigenvalue weighted by molar-refractivity contribution is -0.155. The van der Waals surface area contributed by atoms with Crippen LogP contribution >= 0.6 is 0 Å². The molecule has 1 atom stereocenters. The van der Waals surface area contributed by atoms with E-state index in [-0.39, 0.29) is 31.3 Å². The van der Waals surface area contributed by atoms with Gasteiger partial charge in [0.05, 0.1) is 13.2 Å². The molecular formula is C13H13F3N2O5. The number of ether oxygens (including phenoxy) is 2. The molecule has 1 saturated heterocycles. The van der Waals surface area contributed by atoms with Crippen LogP contribution in [0.4, 0.5) is 13.2 Å². The van der Waals surface area contributed by atoms with Crippen LogP contribution in [0, 0.1) is 0 Å². The van der Waals surface area contributed by atoms with Crippen LogP contribution in [-0.4, -0.2) is 65.5 Å². The first-order chi connectivity index (χ1) is 10.8. The van der Waals surface area contributed by atoms with E-state index in [9.17, 15) is 22.8 Å². The van der Waals surface area contributed by atoms with Gasteiger partial charge in [-0.25, -0.2) is 9.78 Å². The maximum Gasteiger partial charge on any atom is 0.422 e. The Morgan fingerprint density at radius 3 is 2.83 bits per heavy atom. The lowest BCUT2D eigenvalue weighted by Crippen LogP contribution is -2.48. The third-order valence-corrected chi connectivity index (χ3v) is 2.96. The van der Waals surface area contributed by atoms with E-state index in [1.54, 1.807) is 0 Å². The Hall–Kier alpha value is -2.36. The molecule has 0 bridgehead atoms. The zero-order chi connectivity index (χ0) is 17.0. The van der Waals surface area contributed by atoms with Crippen LogP contribution in [0.25, 0.3) is 0 Å². The van der Waals surface area contributed by atoms with Gasteiger partial charge in [0.2, 0.25) is 5.88 Å². The van der Waals surface area contributed by atoms with E-state index in [4.69, 9.17) is 9.84 Å². The highest BCUT2D eigenvalue weighted by atomic mass is 19.4. The number of carbonyl (C=O) groups excluding carboxylic acids is 1. The fourth-order valence-electron chi connectivity index (χ4n) is 1.92. The van der Waals surface area contributed by atoms with E-state index in [0.717, 1.165) is 0 Å². The molecule has 0 spiro atoms. The molecule has 1 aliphatic heterocycles. The molecule has 0 saturated carbocycles. The van der Waals surface area contributed by atoms with Gasteiger partial charge < -0.3 is 19.5 Å². The zero-order valence-corrected chi connectivity index (χ0v) is 11.7. The molecule has 0 aliphatic carbocycles. The summed E-state index contributed by atoms with van der Waals surface area (Å²) < 4.78 is 45.8. The van der Waals surface area contributed by atoms with E-state index in [2.05, 4.69) is 9.72 Å². The second kappa shape index (κ2) is 6.82. The van der Waals surface area contributed by atoms with Crippen LogP contribution in [0.3, 0.4) is 0 Å². The summed E-state index contributed by atoms with van der Waals surface area (Å²) in [6.45, 7) is -1.47. The second-order valence-electron chi connectivity index (χ2n) is 4.71. The van der Waals surface area contributed by atoms with Crippen LogP contribution in [0.1, 0.15) is 10.5 Å². The molecule has 126 valence electrons. The summed E-state index contributed by atoms with van der Waals surface area (Å²) >= 11 is 0. The molecule has 1 aliphatic rings. The monoisotopic (exact) mass is 334 g/mol. The third kappa shape index (κ3) is 4.81. The van der Waals surface area contributed by atoms with Crippen molar-refractivity contribution >= 4 is 11.9 Å². The fourth-order valence-corrected chi connectivity index (χ4v) is 1.92. The largest absolute Gasteiger partial charge is 0.479 e. The third-order valence-electron chi connectivity index (χ3n) is 2.96. The molecule has 1 aromatic heterocycles. The summed E-state index contributed by atoms with van der Waals surface area (Å²) in [6.07, 6.45) is -5.65. The molecule has 1 aromatic rings. The minimum atomic E-state index is -4.51. The van der Waals surface area contributed by atoms with Crippen molar-refractivity contribution < 1.29 is 37.3 Å². The van der Waals surface area contributed by atoms with Crippen LogP contribution in [0.15, 0.2) is 18.2 Å². The van der Waals surface area contributed by atoms with Crippen LogP contribution < -0.4 is 4.74 Å². The van der Waals surface area contributed by atoms with Crippen molar-refractivity contribution in [1.82, 2.24) is 9.88 Å². The number of nitrogens with zero attached hydrogens (tertiary/aromatic N) is 2. The molecule has 0 radical (unpaired) electrons. The van der Waals surface area contributed by atoms with Gasteiger partial charge in [0, 0.05) is 12.6 Å². The highest BCUT2D eigenvalue weighted by Crippen LogP contribution is 2.18. The topological polar surface area (TPSA) is 89.0 Å². The molecule has 7 nitrogen and oxygen atoms in total. The first-order valence-corrected chi connectivity index (χ1v) is 6.56. The number of pyridine rings is 1. The highest BCUT2D eigenvalue weighted by Gasteiger charge is 2.31. The number of carboxylic acid groups (broad SMARTS) is 1. The normalized spacial score (nSPS) is 18.6. The quantitative estimate of drug-likeness (QED) is 0.882. The van der Waals surface area contributed by atoms with E-state index in [1.165, 1.54) is 23.1 Å². The van der Waals surface area contributed by atoms with E-state index < -0.39 is 30.8 Å². The maximum atomic E-state index is 12.3. The van der Waals surface area contributed by atoms with Gasteiger partial charge in [-0.1, -0.05) is 6.07 Å². The lowest BCUT2D eigenvalue weighted by atomic mass is 10.2. The van der Waals surface area contributed by atoms with Crippen molar-refractivity contribution in [2.45, 2.75) is 12.3 Å². The Labute approximate surface area is 128 Å². The highest BCUT2D eigenvalue weighted by molar-refractivity contribution is 5.93. The van der Waals surface area contributed by atoms with Gasteiger partial charge >= 0.3 is 12.1 Å². The number of rotatable bonds is 4. The average molecular weight is 334 g/mol. The molecule has 10 heteroatoms. The van der Waals surface area contributed by atoms with Crippen molar-refractivity contribution in [1.29, 1.82) is 0 Å². The van der Waals surface area contributed by atoms with Crippen LogP contribution in [-0.2, 0) is 9.53 Å². The maximum absolute atomic E-state index is 12.3. The summed E-state index contributed by atoms with van der Waals surface area (Å²) in [5.41, 5.74) is -0.129. The van der Waals surface area contributed by atoms with Crippen molar-refractivity contribution in [3.63, 3.8) is 0 Å². The second-order valence-corrected chi connectivity index (χ2v) is 4.71. The molecule has 0 aromatic carbocycles. The summed E-state index contributed by atoms with van der Waals surface area (Å²) in [6, 6.07) is 3.84. The molecular weight excluding hydrogens is 321 g/mol. The summed E-state index contributed by atoms with van der Waals surface area (Å²) in [4.78, 5) is 28.1. The Morgan fingerprint density at radius 1 is 1.43 bits per heavy atom. The van der Waals surface area contributed by atoms with Gasteiger partial charge in [-0.2, -0.15) is 13.2 Å². The zero-order valence-electron chi connectivity index (χ0n) is 11.7. The number of aliphatic carboxylic acids is 1. The van der Waals surface area contributed by atoms with E-state index >= 15 is 0 Å². The fraction of sp³-hybridized carbons (Fsp3) is 0.462. The summed E-state index contributed by atoms with van der Waals surface area (Å²) in [7, 11) is 0. The minimum Gasteiger partial charge on any atom is -0.479 e. The number of alkyl halides is 3. The van der Waals surface area contributed by atoms with Gasteiger partial charge in [0.25, 0.3) is 5.91 Å². The van der Waals surface area contributed by atoms with Crippen molar-refractivity contribution in [2.75, 3.05) is 26.3 Å². The standard InChI is InChI=1S/C13H13F3N2O5/c14-13(15,16)7-23-10-3-1-2-8(17-10)11(19)18-4-5-22-9(6-18)12(20)21/h1-3,9H,4-7H2,(H,20,21). The van der Waals surface area contributed by atoms with Crippen LogP contribution in [0.5, 0.6) is 5.88 Å². The Balaban J connectivity index is 2.06. The van der Waals surface area contributed by atoms with E-state index in [1.807, 2.05) is 0 Å².